The zero-order valence-corrected chi connectivity index (χ0v) is 11.0. The lowest BCUT2D eigenvalue weighted by molar-refractivity contribution is 0.294. The largest absolute Gasteiger partial charge is 0.610 e. The van der Waals surface area contributed by atoms with Crippen LogP contribution < -0.4 is 5.56 Å². The molecule has 92 valence electrons. The van der Waals surface area contributed by atoms with Crippen LogP contribution in [0.3, 0.4) is 0 Å². The number of nitrogens with zero attached hydrogens (tertiary/aromatic N) is 3. The Balaban J connectivity index is 2.68. The second kappa shape index (κ2) is 4.73. The molecular weight excluding hydrogens is 262 g/mol. The van der Waals surface area contributed by atoms with Gasteiger partial charge in [0, 0.05) is 24.6 Å². The smallest absolute Gasteiger partial charge is 0.304 e. The Morgan fingerprint density at radius 1 is 1.53 bits per heavy atom. The summed E-state index contributed by atoms with van der Waals surface area (Å²) in [5, 5.41) is 8.88. The molecule has 2 aromatic rings. The van der Waals surface area contributed by atoms with Crippen LogP contribution in [0.25, 0.3) is 10.3 Å². The SMILES string of the molecule is Cn1c(CCO)nc2sc([S+](C)[O-])nc2c1=O. The zero-order valence-electron chi connectivity index (χ0n) is 9.34. The van der Waals surface area contributed by atoms with Gasteiger partial charge in [0.1, 0.15) is 12.1 Å². The molecule has 0 aromatic carbocycles. The molecule has 0 aliphatic carbocycles. The minimum atomic E-state index is -1.22. The van der Waals surface area contributed by atoms with Crippen LogP contribution in [0.5, 0.6) is 0 Å². The monoisotopic (exact) mass is 273 g/mol. The molecule has 8 heteroatoms. The van der Waals surface area contributed by atoms with E-state index in [2.05, 4.69) is 9.97 Å². The van der Waals surface area contributed by atoms with E-state index in [1.54, 1.807) is 7.05 Å². The summed E-state index contributed by atoms with van der Waals surface area (Å²) in [6.45, 7) is -0.0723. The molecule has 0 spiro atoms. The van der Waals surface area contributed by atoms with E-state index in [0.29, 0.717) is 21.4 Å². The maximum absolute atomic E-state index is 11.9. The van der Waals surface area contributed by atoms with Crippen molar-refractivity contribution in [3.05, 3.63) is 16.2 Å². The number of fused-ring (bicyclic) bond motifs is 1. The van der Waals surface area contributed by atoms with Gasteiger partial charge in [-0.1, -0.05) is 0 Å². The summed E-state index contributed by atoms with van der Waals surface area (Å²) in [5.74, 6) is 0.502. The Morgan fingerprint density at radius 2 is 2.24 bits per heavy atom. The standard InChI is InChI=1S/C9H11N3O3S2/c1-12-5(3-4-13)10-7-6(8(12)14)11-9(16-7)17(2)15/h13H,3-4H2,1-2H3. The van der Waals surface area contributed by atoms with Gasteiger partial charge in [0.2, 0.25) is 0 Å². The van der Waals surface area contributed by atoms with Crippen LogP contribution in [0.2, 0.25) is 0 Å². The molecule has 0 radical (unpaired) electrons. The first-order valence-electron chi connectivity index (χ1n) is 4.85. The third-order valence-corrected chi connectivity index (χ3v) is 4.58. The van der Waals surface area contributed by atoms with Crippen LogP contribution >= 0.6 is 11.3 Å². The molecule has 0 bridgehead atoms. The van der Waals surface area contributed by atoms with Crippen molar-refractivity contribution in [3.63, 3.8) is 0 Å². The first kappa shape index (κ1) is 12.5. The van der Waals surface area contributed by atoms with Crippen molar-refractivity contribution in [2.45, 2.75) is 10.8 Å². The molecule has 0 saturated carbocycles. The summed E-state index contributed by atoms with van der Waals surface area (Å²) >= 11 is -0.0660. The number of thiazole rings is 1. The number of hydrogen-bond acceptors (Lipinski definition) is 6. The number of rotatable bonds is 3. The van der Waals surface area contributed by atoms with Crippen molar-refractivity contribution >= 4 is 32.9 Å². The maximum atomic E-state index is 11.9. The highest BCUT2D eigenvalue weighted by Gasteiger charge is 2.17. The molecule has 1 N–H and O–H groups in total. The summed E-state index contributed by atoms with van der Waals surface area (Å²) in [6, 6.07) is 0. The number of aromatic nitrogens is 3. The molecule has 6 nitrogen and oxygen atoms in total. The molecule has 0 saturated heterocycles. The van der Waals surface area contributed by atoms with Gasteiger partial charge in [0.25, 0.3) is 5.56 Å². The molecule has 0 amide bonds. The van der Waals surface area contributed by atoms with Gasteiger partial charge in [-0.25, -0.2) is 4.98 Å². The highest BCUT2D eigenvalue weighted by Crippen LogP contribution is 2.21. The van der Waals surface area contributed by atoms with E-state index >= 15 is 0 Å². The predicted octanol–water partition coefficient (Wildman–Crippen LogP) is -0.338. The molecule has 17 heavy (non-hydrogen) atoms. The number of aliphatic hydroxyl groups excluding tert-OH is 1. The topological polar surface area (TPSA) is 91.1 Å². The maximum Gasteiger partial charge on any atom is 0.304 e. The third-order valence-electron chi connectivity index (χ3n) is 2.30. The average Bonchev–Trinajstić information content (AvgIpc) is 2.70. The molecule has 1 unspecified atom stereocenters. The Hall–Kier alpha value is -0.960. The van der Waals surface area contributed by atoms with Crippen LogP contribution in [0.4, 0.5) is 0 Å². The van der Waals surface area contributed by atoms with Gasteiger partial charge in [-0.15, -0.1) is 0 Å². The van der Waals surface area contributed by atoms with Gasteiger partial charge in [0.05, 0.1) is 6.61 Å². The molecule has 0 aliphatic rings. The average molecular weight is 273 g/mol. The normalized spacial score (nSPS) is 13.2. The van der Waals surface area contributed by atoms with E-state index in [1.807, 2.05) is 0 Å². The Morgan fingerprint density at radius 3 is 2.82 bits per heavy atom. The van der Waals surface area contributed by atoms with Gasteiger partial charge in [-0.3, -0.25) is 9.36 Å². The van der Waals surface area contributed by atoms with Crippen LogP contribution in [-0.2, 0) is 24.6 Å². The molecule has 2 aromatic heterocycles. The van der Waals surface area contributed by atoms with Gasteiger partial charge >= 0.3 is 4.34 Å². The van der Waals surface area contributed by atoms with Gasteiger partial charge in [0.15, 0.2) is 10.3 Å². The molecular formula is C9H11N3O3S2. The fraction of sp³-hybridized carbons (Fsp3) is 0.444. The molecule has 1 atom stereocenters. The van der Waals surface area contributed by atoms with Crippen LogP contribution in [0.1, 0.15) is 5.82 Å². The Kier molecular flexibility index (Phi) is 3.48. The van der Waals surface area contributed by atoms with E-state index in [9.17, 15) is 9.35 Å². The second-order valence-corrected chi connectivity index (χ2v) is 5.98. The van der Waals surface area contributed by atoms with E-state index in [-0.39, 0.29) is 17.7 Å². The zero-order chi connectivity index (χ0) is 12.6. The minimum absolute atomic E-state index is 0.0723. The Labute approximate surface area is 104 Å². The summed E-state index contributed by atoms with van der Waals surface area (Å²) in [6.07, 6.45) is 1.82. The molecule has 0 fully saturated rings. The summed E-state index contributed by atoms with van der Waals surface area (Å²) in [5.41, 5.74) is -0.0317. The molecule has 2 rings (SSSR count). The Bertz CT molecular complexity index is 605. The predicted molar refractivity (Wildman–Crippen MR) is 65.8 cm³/mol. The highest BCUT2D eigenvalue weighted by molar-refractivity contribution is 7.92. The summed E-state index contributed by atoms with van der Waals surface area (Å²) in [7, 11) is 1.59. The number of hydrogen-bond donors (Lipinski definition) is 1. The molecule has 0 aliphatic heterocycles. The van der Waals surface area contributed by atoms with Crippen LogP contribution in [0, 0.1) is 0 Å². The first-order chi connectivity index (χ1) is 8.04. The fourth-order valence-corrected chi connectivity index (χ4v) is 3.03. The van der Waals surface area contributed by atoms with Gasteiger partial charge < -0.3 is 9.66 Å². The fourth-order valence-electron chi connectivity index (χ4n) is 1.42. The highest BCUT2D eigenvalue weighted by atomic mass is 32.2. The number of aliphatic hydroxyl groups is 1. The van der Waals surface area contributed by atoms with Crippen molar-refractivity contribution in [2.75, 3.05) is 12.9 Å². The van der Waals surface area contributed by atoms with Crippen LogP contribution in [-0.4, -0.2) is 37.1 Å². The first-order valence-corrected chi connectivity index (χ1v) is 7.22. The van der Waals surface area contributed by atoms with Crippen molar-refractivity contribution in [3.8, 4) is 0 Å². The van der Waals surface area contributed by atoms with Crippen molar-refractivity contribution in [2.24, 2.45) is 7.05 Å². The quantitative estimate of drug-likeness (QED) is 0.773. The lowest BCUT2D eigenvalue weighted by Gasteiger charge is -2.04. The van der Waals surface area contributed by atoms with Crippen molar-refractivity contribution in [1.29, 1.82) is 0 Å². The summed E-state index contributed by atoms with van der Waals surface area (Å²) in [4.78, 5) is 20.7. The second-order valence-electron chi connectivity index (χ2n) is 3.45. The van der Waals surface area contributed by atoms with Crippen molar-refractivity contribution < 1.29 is 9.66 Å². The van der Waals surface area contributed by atoms with Gasteiger partial charge in [-0.05, 0) is 11.3 Å². The lowest BCUT2D eigenvalue weighted by Crippen LogP contribution is -2.22. The third kappa shape index (κ3) is 2.21. The van der Waals surface area contributed by atoms with E-state index in [1.165, 1.54) is 10.8 Å². The lowest BCUT2D eigenvalue weighted by atomic mass is 10.4. The van der Waals surface area contributed by atoms with E-state index in [4.69, 9.17) is 5.11 Å². The van der Waals surface area contributed by atoms with Gasteiger partial charge in [-0.2, -0.15) is 4.98 Å². The van der Waals surface area contributed by atoms with Crippen LogP contribution in [0.15, 0.2) is 9.13 Å². The van der Waals surface area contributed by atoms with E-state index in [0.717, 1.165) is 11.3 Å². The summed E-state index contributed by atoms with van der Waals surface area (Å²) < 4.78 is 13.1. The van der Waals surface area contributed by atoms with Crippen molar-refractivity contribution in [1.82, 2.24) is 14.5 Å². The molecule has 2 heterocycles. The minimum Gasteiger partial charge on any atom is -0.610 e. The van der Waals surface area contributed by atoms with E-state index < -0.39 is 11.2 Å².